The number of rotatable bonds is 3. The Bertz CT molecular complexity index is 1150. The number of amides is 1. The van der Waals surface area contributed by atoms with E-state index in [1.54, 1.807) is 47.4 Å². The number of para-hydroxylation sites is 1. The zero-order chi connectivity index (χ0) is 20.2. The third-order valence-corrected chi connectivity index (χ3v) is 5.99. The van der Waals surface area contributed by atoms with Crippen molar-refractivity contribution >= 4 is 34.8 Å². The van der Waals surface area contributed by atoms with Gasteiger partial charge in [0.2, 0.25) is 6.79 Å². The molecule has 7 heteroatoms. The van der Waals surface area contributed by atoms with Crippen LogP contribution in [0.1, 0.15) is 16.7 Å². The van der Waals surface area contributed by atoms with E-state index in [0.717, 1.165) is 5.56 Å². The Kier molecular flexibility index (Phi) is 4.21. The first-order valence-corrected chi connectivity index (χ1v) is 9.72. The van der Waals surface area contributed by atoms with Crippen molar-refractivity contribution in [3.8, 4) is 11.5 Å². The van der Waals surface area contributed by atoms with E-state index in [0.29, 0.717) is 38.4 Å². The second-order valence-corrected chi connectivity index (χ2v) is 7.75. The summed E-state index contributed by atoms with van der Waals surface area (Å²) in [5.41, 5.74) is 0.564. The summed E-state index contributed by atoms with van der Waals surface area (Å²) in [7, 11) is 0. The number of fused-ring (bicyclic) bond motifs is 2. The Labute approximate surface area is 177 Å². The molecule has 146 valence electrons. The SMILES string of the molecule is O=C1N(Cc2ccc(Cl)c(Cl)c2)c2ccccc2C1(O)c1ccc2c(c1)OCO2. The van der Waals surface area contributed by atoms with Gasteiger partial charge in [0.05, 0.1) is 22.3 Å². The third kappa shape index (κ3) is 2.77. The summed E-state index contributed by atoms with van der Waals surface area (Å²) in [5.74, 6) is 0.650. The lowest BCUT2D eigenvalue weighted by atomic mass is 9.87. The van der Waals surface area contributed by atoms with Crippen LogP contribution < -0.4 is 14.4 Å². The number of aliphatic hydroxyl groups is 1. The largest absolute Gasteiger partial charge is 0.454 e. The van der Waals surface area contributed by atoms with E-state index >= 15 is 0 Å². The van der Waals surface area contributed by atoms with E-state index in [-0.39, 0.29) is 13.3 Å². The molecule has 5 rings (SSSR count). The molecule has 3 aromatic carbocycles. The average Bonchev–Trinajstić information content (AvgIpc) is 3.28. The van der Waals surface area contributed by atoms with Gasteiger partial charge in [0, 0.05) is 11.1 Å². The van der Waals surface area contributed by atoms with Crippen LogP contribution in [-0.4, -0.2) is 17.8 Å². The fourth-order valence-electron chi connectivity index (χ4n) is 3.81. The van der Waals surface area contributed by atoms with Crippen LogP contribution in [-0.2, 0) is 16.9 Å². The van der Waals surface area contributed by atoms with Crippen LogP contribution in [0.25, 0.3) is 0 Å². The molecule has 1 amide bonds. The number of benzene rings is 3. The molecule has 0 fully saturated rings. The highest BCUT2D eigenvalue weighted by Gasteiger charge is 2.51. The number of halogens is 2. The van der Waals surface area contributed by atoms with Gasteiger partial charge >= 0.3 is 0 Å². The zero-order valence-electron chi connectivity index (χ0n) is 15.1. The molecule has 2 heterocycles. The number of nitrogens with zero attached hydrogens (tertiary/aromatic N) is 1. The summed E-state index contributed by atoms with van der Waals surface area (Å²) in [4.78, 5) is 15.0. The normalized spacial score (nSPS) is 19.6. The van der Waals surface area contributed by atoms with Crippen LogP contribution >= 0.6 is 23.2 Å². The molecule has 1 unspecified atom stereocenters. The molecule has 0 aromatic heterocycles. The summed E-state index contributed by atoms with van der Waals surface area (Å²) >= 11 is 12.1. The lowest BCUT2D eigenvalue weighted by molar-refractivity contribution is -0.132. The second-order valence-electron chi connectivity index (χ2n) is 6.94. The van der Waals surface area contributed by atoms with Gasteiger partial charge in [-0.1, -0.05) is 53.5 Å². The van der Waals surface area contributed by atoms with Crippen molar-refractivity contribution in [3.05, 3.63) is 87.4 Å². The van der Waals surface area contributed by atoms with Crippen LogP contribution in [0.2, 0.25) is 10.0 Å². The Hall–Kier alpha value is -2.73. The maximum Gasteiger partial charge on any atom is 0.268 e. The van der Waals surface area contributed by atoms with E-state index in [4.69, 9.17) is 32.7 Å². The second kappa shape index (κ2) is 6.66. The van der Waals surface area contributed by atoms with E-state index in [1.807, 2.05) is 18.2 Å². The standard InChI is InChI=1S/C22H15Cl2NO4/c23-16-7-5-13(9-17(16)24)11-25-18-4-2-1-3-15(18)22(27,21(25)26)14-6-8-19-20(10-14)29-12-28-19/h1-10,27H,11-12H2. The number of carbonyl (C=O) groups is 1. The monoisotopic (exact) mass is 427 g/mol. The van der Waals surface area contributed by atoms with Gasteiger partial charge in [0.25, 0.3) is 5.91 Å². The van der Waals surface area contributed by atoms with Gasteiger partial charge < -0.3 is 19.5 Å². The molecule has 0 aliphatic carbocycles. The highest BCUT2D eigenvalue weighted by Crippen LogP contribution is 2.47. The first kappa shape index (κ1) is 18.3. The lowest BCUT2D eigenvalue weighted by Crippen LogP contribution is -2.40. The lowest BCUT2D eigenvalue weighted by Gasteiger charge is -2.24. The Balaban J connectivity index is 1.59. The van der Waals surface area contributed by atoms with Crippen LogP contribution in [0.5, 0.6) is 11.5 Å². The van der Waals surface area contributed by atoms with Gasteiger partial charge in [-0.25, -0.2) is 0 Å². The smallest absolute Gasteiger partial charge is 0.268 e. The first-order valence-electron chi connectivity index (χ1n) is 8.96. The van der Waals surface area contributed by atoms with E-state index in [1.165, 1.54) is 0 Å². The summed E-state index contributed by atoms with van der Waals surface area (Å²) in [6, 6.07) is 17.5. The molecule has 29 heavy (non-hydrogen) atoms. The topological polar surface area (TPSA) is 59.0 Å². The molecule has 2 aliphatic heterocycles. The Morgan fingerprint density at radius 1 is 0.966 bits per heavy atom. The number of ether oxygens (including phenoxy) is 2. The van der Waals surface area contributed by atoms with Crippen molar-refractivity contribution in [2.75, 3.05) is 11.7 Å². The maximum absolute atomic E-state index is 13.5. The fraction of sp³-hybridized carbons (Fsp3) is 0.136. The quantitative estimate of drug-likeness (QED) is 0.667. The van der Waals surface area contributed by atoms with Gasteiger partial charge in [-0.05, 0) is 35.9 Å². The van der Waals surface area contributed by atoms with Crippen molar-refractivity contribution in [1.29, 1.82) is 0 Å². The summed E-state index contributed by atoms with van der Waals surface area (Å²) in [5, 5.41) is 12.5. The summed E-state index contributed by atoms with van der Waals surface area (Å²) < 4.78 is 10.8. The molecular weight excluding hydrogens is 413 g/mol. The highest BCUT2D eigenvalue weighted by atomic mass is 35.5. The minimum atomic E-state index is -1.83. The number of hydrogen-bond donors (Lipinski definition) is 1. The van der Waals surface area contributed by atoms with Crippen molar-refractivity contribution in [3.63, 3.8) is 0 Å². The predicted octanol–water partition coefficient (Wildman–Crippen LogP) is 4.50. The Morgan fingerprint density at radius 2 is 1.76 bits per heavy atom. The molecule has 1 N–H and O–H groups in total. The van der Waals surface area contributed by atoms with Crippen molar-refractivity contribution in [1.82, 2.24) is 0 Å². The molecule has 0 spiro atoms. The van der Waals surface area contributed by atoms with Gasteiger partial charge in [0.15, 0.2) is 17.1 Å². The van der Waals surface area contributed by atoms with Gasteiger partial charge in [-0.2, -0.15) is 0 Å². The van der Waals surface area contributed by atoms with Gasteiger partial charge in [0.1, 0.15) is 0 Å². The average molecular weight is 428 g/mol. The maximum atomic E-state index is 13.5. The number of anilines is 1. The van der Waals surface area contributed by atoms with E-state index < -0.39 is 11.5 Å². The molecule has 0 saturated carbocycles. The fourth-order valence-corrected chi connectivity index (χ4v) is 4.13. The predicted molar refractivity (Wildman–Crippen MR) is 110 cm³/mol. The minimum Gasteiger partial charge on any atom is -0.454 e. The molecule has 3 aromatic rings. The van der Waals surface area contributed by atoms with Crippen LogP contribution in [0, 0.1) is 0 Å². The molecule has 2 aliphatic rings. The van der Waals surface area contributed by atoms with E-state index in [2.05, 4.69) is 0 Å². The molecular formula is C22H15Cl2NO4. The van der Waals surface area contributed by atoms with Crippen LogP contribution in [0.3, 0.4) is 0 Å². The van der Waals surface area contributed by atoms with Crippen LogP contribution in [0.4, 0.5) is 5.69 Å². The van der Waals surface area contributed by atoms with Crippen LogP contribution in [0.15, 0.2) is 60.7 Å². The van der Waals surface area contributed by atoms with Gasteiger partial charge in [-0.15, -0.1) is 0 Å². The van der Waals surface area contributed by atoms with Crippen molar-refractivity contribution in [2.24, 2.45) is 0 Å². The van der Waals surface area contributed by atoms with Crippen molar-refractivity contribution in [2.45, 2.75) is 12.1 Å². The van der Waals surface area contributed by atoms with Gasteiger partial charge in [-0.3, -0.25) is 4.79 Å². The molecule has 1 atom stereocenters. The summed E-state index contributed by atoms with van der Waals surface area (Å²) in [6.45, 7) is 0.366. The first-order chi connectivity index (χ1) is 14.0. The molecule has 0 bridgehead atoms. The highest BCUT2D eigenvalue weighted by molar-refractivity contribution is 6.42. The molecule has 5 nitrogen and oxygen atoms in total. The van der Waals surface area contributed by atoms with Crippen molar-refractivity contribution < 1.29 is 19.4 Å². The number of hydrogen-bond acceptors (Lipinski definition) is 4. The third-order valence-electron chi connectivity index (χ3n) is 5.25. The molecule has 0 saturated heterocycles. The Morgan fingerprint density at radius 3 is 2.59 bits per heavy atom. The minimum absolute atomic E-state index is 0.116. The number of carbonyl (C=O) groups excluding carboxylic acids is 1. The summed E-state index contributed by atoms with van der Waals surface area (Å²) in [6.07, 6.45) is 0. The molecule has 0 radical (unpaired) electrons. The zero-order valence-corrected chi connectivity index (χ0v) is 16.6. The van der Waals surface area contributed by atoms with E-state index in [9.17, 15) is 9.90 Å².